The van der Waals surface area contributed by atoms with E-state index in [-0.39, 0.29) is 35.0 Å². The highest BCUT2D eigenvalue weighted by Gasteiger charge is 2.48. The Bertz CT molecular complexity index is 1590. The Hall–Kier alpha value is -4.52. The summed E-state index contributed by atoms with van der Waals surface area (Å²) in [7, 11) is 0. The third-order valence-electron chi connectivity index (χ3n) is 7.28. The summed E-state index contributed by atoms with van der Waals surface area (Å²) in [6.45, 7) is 4.30. The van der Waals surface area contributed by atoms with Gasteiger partial charge in [-0.3, -0.25) is 14.5 Å². The normalized spacial score (nSPS) is 21.0. The topological polar surface area (TPSA) is 104 Å². The molecular formula is C29H24F3N5O4S. The van der Waals surface area contributed by atoms with Crippen molar-refractivity contribution < 1.29 is 32.3 Å². The molecule has 2 aromatic carbocycles. The molecule has 0 saturated carbocycles. The molecule has 4 amide bonds. The van der Waals surface area contributed by atoms with Crippen molar-refractivity contribution in [1.29, 1.82) is 0 Å². The summed E-state index contributed by atoms with van der Waals surface area (Å²) >= 11 is 1.14. The summed E-state index contributed by atoms with van der Waals surface area (Å²) in [5.41, 5.74) is -0.768. The molecule has 1 saturated heterocycles. The number of carbonyl (C=O) groups excluding carboxylic acids is 3. The highest BCUT2D eigenvalue weighted by atomic mass is 32.2. The third-order valence-corrected chi connectivity index (χ3v) is 8.57. The minimum Gasteiger partial charge on any atom is -0.457 e. The number of ether oxygens (including phenoxy) is 1. The van der Waals surface area contributed by atoms with E-state index in [9.17, 15) is 27.6 Å². The first-order valence-electron chi connectivity index (χ1n) is 13.1. The molecule has 2 N–H and O–H groups in total. The van der Waals surface area contributed by atoms with Crippen LogP contribution >= 0.6 is 11.8 Å². The minimum atomic E-state index is -4.81. The number of thioether (sulfide) groups is 1. The number of rotatable bonds is 6. The molecule has 0 spiro atoms. The number of alkyl halides is 3. The zero-order valence-electron chi connectivity index (χ0n) is 21.9. The number of hydrogen-bond acceptors (Lipinski definition) is 6. The first-order chi connectivity index (χ1) is 20.1. The van der Waals surface area contributed by atoms with Gasteiger partial charge < -0.3 is 20.3 Å². The first kappa shape index (κ1) is 27.6. The first-order valence-corrected chi connectivity index (χ1v) is 13.9. The summed E-state index contributed by atoms with van der Waals surface area (Å²) in [5.74, 6) is -0.261. The molecule has 0 radical (unpaired) electrons. The number of likely N-dealkylation sites (tertiary alicyclic amines) is 1. The number of para-hydroxylation sites is 1. The summed E-state index contributed by atoms with van der Waals surface area (Å²) < 4.78 is 48.6. The minimum absolute atomic E-state index is 0.0416. The van der Waals surface area contributed by atoms with E-state index in [2.05, 4.69) is 22.2 Å². The number of halogens is 3. The summed E-state index contributed by atoms with van der Waals surface area (Å²) in [6, 6.07) is 11.4. The van der Waals surface area contributed by atoms with E-state index >= 15 is 0 Å². The smallest absolute Gasteiger partial charge is 0.418 e. The van der Waals surface area contributed by atoms with E-state index in [1.807, 2.05) is 0 Å². The third kappa shape index (κ3) is 5.04. The predicted octanol–water partition coefficient (Wildman–Crippen LogP) is 5.17. The summed E-state index contributed by atoms with van der Waals surface area (Å²) in [6.07, 6.45) is -1.62. The Morgan fingerprint density at radius 3 is 2.64 bits per heavy atom. The molecule has 3 aromatic rings. The van der Waals surface area contributed by atoms with Crippen molar-refractivity contribution in [2.75, 3.05) is 18.0 Å². The van der Waals surface area contributed by atoms with Gasteiger partial charge in [0.2, 0.25) is 11.8 Å². The molecule has 1 aromatic heterocycles. The van der Waals surface area contributed by atoms with Crippen LogP contribution in [0.5, 0.6) is 11.5 Å². The lowest BCUT2D eigenvalue weighted by molar-refractivity contribution is -0.137. The second-order valence-corrected chi connectivity index (χ2v) is 11.1. The lowest BCUT2D eigenvalue weighted by Crippen LogP contribution is -2.50. The van der Waals surface area contributed by atoms with Crippen molar-refractivity contribution >= 4 is 41.0 Å². The fourth-order valence-corrected chi connectivity index (χ4v) is 6.62. The average Bonchev–Trinajstić information content (AvgIpc) is 3.59. The average molecular weight is 596 g/mol. The molecule has 0 bridgehead atoms. The molecule has 4 heterocycles. The highest BCUT2D eigenvalue weighted by molar-refractivity contribution is 8.01. The molecule has 0 aliphatic carbocycles. The second-order valence-electron chi connectivity index (χ2n) is 9.92. The van der Waals surface area contributed by atoms with Crippen LogP contribution in [0, 0.1) is 0 Å². The van der Waals surface area contributed by atoms with Gasteiger partial charge in [0.1, 0.15) is 21.8 Å². The number of aromatic nitrogens is 1. The van der Waals surface area contributed by atoms with E-state index < -0.39 is 29.1 Å². The van der Waals surface area contributed by atoms with Crippen LogP contribution in [0.4, 0.5) is 29.3 Å². The standard InChI is InChI=1S/C29H24F3N5O4S/c1-2-22(38)36-13-11-16(15-36)34-26(39)25-24-23-21(10-12-33-27(23)42-25)37(28(40)35-24)20-9-8-18(14-19(20)29(30,31)32)41-17-6-4-3-5-7-17/h2-10,12,14,16,24-25H,1,11,13,15H2,(H,34,39)(H,35,40)/t16?,24?,25-/m1/s1. The van der Waals surface area contributed by atoms with Crippen molar-refractivity contribution in [3.8, 4) is 11.5 Å². The van der Waals surface area contributed by atoms with Crippen molar-refractivity contribution in [2.24, 2.45) is 0 Å². The molecule has 3 atom stereocenters. The number of amides is 4. The number of benzene rings is 2. The fourth-order valence-electron chi connectivity index (χ4n) is 5.38. The van der Waals surface area contributed by atoms with Gasteiger partial charge in [-0.25, -0.2) is 9.78 Å². The molecule has 9 nitrogen and oxygen atoms in total. The van der Waals surface area contributed by atoms with Crippen LogP contribution in [-0.2, 0) is 15.8 Å². The largest absolute Gasteiger partial charge is 0.457 e. The van der Waals surface area contributed by atoms with Crippen LogP contribution in [0.2, 0.25) is 0 Å². The van der Waals surface area contributed by atoms with Crippen LogP contribution < -0.4 is 20.3 Å². The molecule has 3 aliphatic heterocycles. The van der Waals surface area contributed by atoms with Crippen molar-refractivity contribution in [3.63, 3.8) is 0 Å². The Kier molecular flexibility index (Phi) is 7.05. The van der Waals surface area contributed by atoms with Gasteiger partial charge in [0.05, 0.1) is 23.0 Å². The van der Waals surface area contributed by atoms with E-state index in [0.717, 1.165) is 22.7 Å². The van der Waals surface area contributed by atoms with Gasteiger partial charge in [-0.1, -0.05) is 36.5 Å². The second kappa shape index (κ2) is 10.7. The lowest BCUT2D eigenvalue weighted by Gasteiger charge is -2.35. The lowest BCUT2D eigenvalue weighted by atomic mass is 9.99. The Balaban J connectivity index is 1.29. The molecule has 216 valence electrons. The molecule has 6 rings (SSSR count). The number of pyridine rings is 1. The van der Waals surface area contributed by atoms with Gasteiger partial charge in [0.15, 0.2) is 0 Å². The number of nitrogens with one attached hydrogen (secondary N) is 2. The Morgan fingerprint density at radius 2 is 1.90 bits per heavy atom. The van der Waals surface area contributed by atoms with Gasteiger partial charge in [-0.2, -0.15) is 13.2 Å². The Labute approximate surface area is 242 Å². The molecule has 2 unspecified atom stereocenters. The number of anilines is 2. The van der Waals surface area contributed by atoms with E-state index in [1.165, 1.54) is 30.5 Å². The zero-order valence-corrected chi connectivity index (χ0v) is 22.7. The molecule has 42 heavy (non-hydrogen) atoms. The van der Waals surface area contributed by atoms with Crippen LogP contribution in [0.3, 0.4) is 0 Å². The maximum Gasteiger partial charge on any atom is 0.418 e. The summed E-state index contributed by atoms with van der Waals surface area (Å²) in [4.78, 5) is 45.6. The van der Waals surface area contributed by atoms with Crippen molar-refractivity contribution in [3.05, 3.63) is 84.6 Å². The van der Waals surface area contributed by atoms with Crippen LogP contribution in [0.1, 0.15) is 23.6 Å². The number of urea groups is 1. The SMILES string of the molecule is C=CC(=O)N1CCC(NC(=O)[C@@H]2Sc3nccc4c3C2NC(=O)N4c2ccc(Oc3ccccc3)cc2C(F)(F)F)C1. The predicted molar refractivity (Wildman–Crippen MR) is 149 cm³/mol. The van der Waals surface area contributed by atoms with Gasteiger partial charge >= 0.3 is 12.2 Å². The van der Waals surface area contributed by atoms with E-state index in [0.29, 0.717) is 35.8 Å². The van der Waals surface area contributed by atoms with E-state index in [4.69, 9.17) is 4.74 Å². The zero-order chi connectivity index (χ0) is 29.6. The Morgan fingerprint density at radius 1 is 1.12 bits per heavy atom. The quantitative estimate of drug-likeness (QED) is 0.381. The molecule has 1 fully saturated rings. The molecular weight excluding hydrogens is 571 g/mol. The van der Waals surface area contributed by atoms with E-state index in [1.54, 1.807) is 35.2 Å². The van der Waals surface area contributed by atoms with Crippen molar-refractivity contribution in [1.82, 2.24) is 20.5 Å². The fraction of sp³-hybridized carbons (Fsp3) is 0.241. The molecule has 13 heteroatoms. The number of carbonyl (C=O) groups is 3. The van der Waals surface area contributed by atoms with Gasteiger partial charge in [-0.05, 0) is 48.9 Å². The number of hydrogen-bond donors (Lipinski definition) is 2. The highest BCUT2D eigenvalue weighted by Crippen LogP contribution is 2.52. The van der Waals surface area contributed by atoms with Gasteiger partial charge in [-0.15, -0.1) is 0 Å². The maximum atomic E-state index is 14.3. The van der Waals surface area contributed by atoms with Gasteiger partial charge in [0, 0.05) is 30.9 Å². The van der Waals surface area contributed by atoms with Crippen LogP contribution in [0.15, 0.2) is 78.5 Å². The van der Waals surface area contributed by atoms with Gasteiger partial charge in [0.25, 0.3) is 0 Å². The van der Waals surface area contributed by atoms with Crippen molar-refractivity contribution in [2.45, 2.75) is 35.0 Å². The molecule has 3 aliphatic rings. The van der Waals surface area contributed by atoms with Crippen LogP contribution in [0.25, 0.3) is 0 Å². The maximum absolute atomic E-state index is 14.3. The monoisotopic (exact) mass is 595 g/mol. The summed E-state index contributed by atoms with van der Waals surface area (Å²) in [5, 5.41) is 5.32. The van der Waals surface area contributed by atoms with Crippen LogP contribution in [-0.4, -0.2) is 52.1 Å². The number of nitrogens with zero attached hydrogens (tertiary/aromatic N) is 3.